The van der Waals surface area contributed by atoms with E-state index in [0.717, 1.165) is 37.1 Å². The standard InChI is InChI=1S/C37H39F2N3O5S/c38-37(39,26-7-6-12-32(21-26)46-30-8-2-1-3-9-30)35(36(43)42-28-15-16-29(42)23-27(40)22-28)41-48(44,45)34-18-14-24-19-33(17-13-25(24)20-34)47-31-10-4-5-11-31/h1-3,6-9,12-14,17-21,27-29,31,35,41H,4-5,10-11,15-16,22-23,40H2/t27?,28?,29?,35-/m0/s1. The summed E-state index contributed by atoms with van der Waals surface area (Å²) >= 11 is 0. The van der Waals surface area contributed by atoms with Crippen molar-refractivity contribution in [3.63, 3.8) is 0 Å². The molecule has 3 aliphatic rings. The van der Waals surface area contributed by atoms with Gasteiger partial charge in [0, 0.05) is 23.7 Å². The van der Waals surface area contributed by atoms with Crippen LogP contribution in [0.15, 0.2) is 95.9 Å². The number of hydrogen-bond acceptors (Lipinski definition) is 6. The summed E-state index contributed by atoms with van der Waals surface area (Å²) in [6.45, 7) is 0. The fourth-order valence-electron chi connectivity index (χ4n) is 7.43. The maximum atomic E-state index is 16.7. The second kappa shape index (κ2) is 13.1. The molecule has 3 fully saturated rings. The summed E-state index contributed by atoms with van der Waals surface area (Å²) in [6.07, 6.45) is 6.65. The lowest BCUT2D eigenvalue weighted by Crippen LogP contribution is -2.60. The van der Waals surface area contributed by atoms with Gasteiger partial charge in [0.2, 0.25) is 15.9 Å². The van der Waals surface area contributed by atoms with Gasteiger partial charge in [0.05, 0.1) is 11.0 Å². The highest BCUT2D eigenvalue weighted by atomic mass is 32.2. The number of carbonyl (C=O) groups is 1. The molecule has 2 saturated heterocycles. The average molecular weight is 676 g/mol. The summed E-state index contributed by atoms with van der Waals surface area (Å²) in [5.74, 6) is -3.64. The molecule has 1 saturated carbocycles. The van der Waals surface area contributed by atoms with Crippen LogP contribution in [0, 0.1) is 0 Å². The van der Waals surface area contributed by atoms with Crippen LogP contribution < -0.4 is 19.9 Å². The van der Waals surface area contributed by atoms with Crippen LogP contribution in [0.1, 0.15) is 56.9 Å². The van der Waals surface area contributed by atoms with Crippen molar-refractivity contribution in [2.75, 3.05) is 0 Å². The molecule has 0 radical (unpaired) electrons. The lowest BCUT2D eigenvalue weighted by atomic mass is 9.94. The predicted molar refractivity (Wildman–Crippen MR) is 179 cm³/mol. The van der Waals surface area contributed by atoms with Gasteiger partial charge in [-0.25, -0.2) is 8.42 Å². The Morgan fingerprint density at radius 3 is 2.21 bits per heavy atom. The number of benzene rings is 4. The molecular weight excluding hydrogens is 636 g/mol. The second-order valence-corrected chi connectivity index (χ2v) is 14.9. The smallest absolute Gasteiger partial charge is 0.298 e. The number of ether oxygens (including phenoxy) is 2. The zero-order valence-corrected chi connectivity index (χ0v) is 27.3. The van der Waals surface area contributed by atoms with E-state index in [9.17, 15) is 13.2 Å². The molecule has 11 heteroatoms. The number of rotatable bonds is 10. The van der Waals surface area contributed by atoms with Crippen LogP contribution in [0.5, 0.6) is 17.2 Å². The molecular formula is C37H39F2N3O5S. The summed E-state index contributed by atoms with van der Waals surface area (Å²) in [5, 5.41) is 1.35. The van der Waals surface area contributed by atoms with E-state index in [0.29, 0.717) is 42.6 Å². The van der Waals surface area contributed by atoms with Crippen LogP contribution >= 0.6 is 0 Å². The number of para-hydroxylation sites is 1. The van der Waals surface area contributed by atoms with E-state index < -0.39 is 33.5 Å². The fraction of sp³-hybridized carbons (Fsp3) is 0.378. The Kier molecular flexibility index (Phi) is 8.86. The largest absolute Gasteiger partial charge is 0.490 e. The van der Waals surface area contributed by atoms with Crippen molar-refractivity contribution in [2.24, 2.45) is 5.73 Å². The summed E-state index contributed by atoms with van der Waals surface area (Å²) in [7, 11) is -4.60. The van der Waals surface area contributed by atoms with Crippen molar-refractivity contribution in [2.45, 2.75) is 92.5 Å². The number of nitrogens with zero attached hydrogens (tertiary/aromatic N) is 1. The third kappa shape index (κ3) is 6.63. The molecule has 3 atom stereocenters. The Balaban J connectivity index is 1.20. The van der Waals surface area contributed by atoms with Gasteiger partial charge in [0.1, 0.15) is 17.2 Å². The van der Waals surface area contributed by atoms with E-state index in [1.807, 2.05) is 6.07 Å². The lowest BCUT2D eigenvalue weighted by Gasteiger charge is -2.41. The zero-order chi connectivity index (χ0) is 33.5. The van der Waals surface area contributed by atoms with Gasteiger partial charge in [-0.1, -0.05) is 42.5 Å². The van der Waals surface area contributed by atoms with E-state index >= 15 is 8.78 Å². The Morgan fingerprint density at radius 2 is 1.48 bits per heavy atom. The maximum Gasteiger partial charge on any atom is 0.298 e. The molecule has 1 aliphatic carbocycles. The number of sulfonamides is 1. The van der Waals surface area contributed by atoms with Gasteiger partial charge in [0.15, 0.2) is 6.04 Å². The molecule has 7 rings (SSSR count). The second-order valence-electron chi connectivity index (χ2n) is 13.2. The molecule has 1 amide bonds. The summed E-state index contributed by atoms with van der Waals surface area (Å²) < 4.78 is 75.3. The Morgan fingerprint density at radius 1 is 0.812 bits per heavy atom. The number of halogens is 2. The number of nitrogens with one attached hydrogen (secondary N) is 1. The normalized spacial score (nSPS) is 22.1. The minimum absolute atomic E-state index is 0.127. The Labute approximate surface area is 279 Å². The third-order valence-corrected chi connectivity index (χ3v) is 11.2. The van der Waals surface area contributed by atoms with E-state index in [1.54, 1.807) is 48.5 Å². The number of alkyl halides is 2. The van der Waals surface area contributed by atoms with Crippen molar-refractivity contribution < 1.29 is 31.5 Å². The number of carbonyl (C=O) groups excluding carboxylic acids is 1. The SMILES string of the molecule is NC1CC2CCC(C1)N2C(=O)[C@H](NS(=O)(=O)c1ccc2cc(OC3CCCC3)ccc2c1)C(F)(F)c1cccc(Oc2ccccc2)c1. The number of amides is 1. The first-order valence-corrected chi connectivity index (χ1v) is 18.1. The van der Waals surface area contributed by atoms with Gasteiger partial charge in [-0.2, -0.15) is 13.5 Å². The van der Waals surface area contributed by atoms with Gasteiger partial charge in [0.25, 0.3) is 5.92 Å². The predicted octanol–water partition coefficient (Wildman–Crippen LogP) is 6.87. The minimum atomic E-state index is -4.60. The molecule has 4 aromatic carbocycles. The maximum absolute atomic E-state index is 16.7. The van der Waals surface area contributed by atoms with Crippen LogP contribution in [0.2, 0.25) is 0 Å². The zero-order valence-electron chi connectivity index (χ0n) is 26.4. The van der Waals surface area contributed by atoms with Crippen LogP contribution in [-0.4, -0.2) is 49.5 Å². The summed E-state index contributed by atoms with van der Waals surface area (Å²) in [4.78, 5) is 15.4. The van der Waals surface area contributed by atoms with Gasteiger partial charge in [-0.05, 0) is 111 Å². The van der Waals surface area contributed by atoms with Crippen molar-refractivity contribution >= 4 is 26.7 Å². The lowest BCUT2D eigenvalue weighted by molar-refractivity contribution is -0.149. The van der Waals surface area contributed by atoms with Crippen molar-refractivity contribution in [1.29, 1.82) is 0 Å². The molecule has 2 bridgehead atoms. The quantitative estimate of drug-likeness (QED) is 0.190. The van der Waals surface area contributed by atoms with Crippen LogP contribution in [0.4, 0.5) is 8.78 Å². The molecule has 0 spiro atoms. The molecule has 2 aliphatic heterocycles. The molecule has 48 heavy (non-hydrogen) atoms. The Bertz CT molecular complexity index is 1890. The number of hydrogen-bond donors (Lipinski definition) is 2. The van der Waals surface area contributed by atoms with Crippen molar-refractivity contribution in [3.8, 4) is 17.2 Å². The van der Waals surface area contributed by atoms with E-state index in [4.69, 9.17) is 15.2 Å². The fourth-order valence-corrected chi connectivity index (χ4v) is 8.65. The van der Waals surface area contributed by atoms with Crippen molar-refractivity contribution in [3.05, 3.63) is 96.6 Å². The molecule has 3 N–H and O–H groups in total. The summed E-state index contributed by atoms with van der Waals surface area (Å²) in [5.41, 5.74) is 5.65. The average Bonchev–Trinajstić information content (AvgIpc) is 3.69. The first-order chi connectivity index (χ1) is 23.1. The van der Waals surface area contributed by atoms with Gasteiger partial charge < -0.3 is 20.1 Å². The first kappa shape index (κ1) is 32.5. The first-order valence-electron chi connectivity index (χ1n) is 16.6. The van der Waals surface area contributed by atoms with Gasteiger partial charge in [-0.3, -0.25) is 4.79 Å². The molecule has 4 aromatic rings. The Hall–Kier alpha value is -4.06. The van der Waals surface area contributed by atoms with Crippen molar-refractivity contribution in [1.82, 2.24) is 9.62 Å². The van der Waals surface area contributed by atoms with E-state index in [-0.39, 0.29) is 34.9 Å². The highest BCUT2D eigenvalue weighted by molar-refractivity contribution is 7.89. The van der Waals surface area contributed by atoms with E-state index in [1.165, 1.54) is 35.2 Å². The number of piperidine rings is 1. The monoisotopic (exact) mass is 675 g/mol. The highest BCUT2D eigenvalue weighted by Gasteiger charge is 2.53. The van der Waals surface area contributed by atoms with E-state index in [2.05, 4.69) is 4.72 Å². The molecule has 8 nitrogen and oxygen atoms in total. The summed E-state index contributed by atoms with van der Waals surface area (Å²) in [6, 6.07) is 20.5. The molecule has 2 unspecified atom stereocenters. The van der Waals surface area contributed by atoms with Crippen LogP contribution in [0.25, 0.3) is 10.8 Å². The molecule has 252 valence electrons. The van der Waals surface area contributed by atoms with Crippen LogP contribution in [-0.2, 0) is 20.7 Å². The number of fused-ring (bicyclic) bond motifs is 3. The van der Waals surface area contributed by atoms with Gasteiger partial charge >= 0.3 is 0 Å². The highest BCUT2D eigenvalue weighted by Crippen LogP contribution is 2.41. The molecule has 0 aromatic heterocycles. The minimum Gasteiger partial charge on any atom is -0.490 e. The topological polar surface area (TPSA) is 111 Å². The third-order valence-electron chi connectivity index (χ3n) is 9.80. The number of nitrogens with two attached hydrogens (primary N) is 1. The van der Waals surface area contributed by atoms with Gasteiger partial charge in [-0.15, -0.1) is 0 Å². The van der Waals surface area contributed by atoms with Crippen LogP contribution in [0.3, 0.4) is 0 Å². The molecule has 2 heterocycles.